The molecule has 2 atom stereocenters. The SMILES string of the molecule is CC12CC3CC(C)(C1)CC(c1cccc4c(-c5c(Oc6cc(O)c(N)cc6C67CC8CC(CC(C8)C6)C7)ccc6ccccc56)c(Oc5cc(O)c(N)cc5C56CC7CC(CC(C7)C5)C6)ccc14)(C3)C2. The molecule has 0 heterocycles. The van der Waals surface area contributed by atoms with Gasteiger partial charge in [0.1, 0.15) is 34.5 Å². The predicted octanol–water partition coefficient (Wildman–Crippen LogP) is 16.0. The number of ether oxygens (including phenoxy) is 2. The number of hydrogen-bond acceptors (Lipinski definition) is 6. The smallest absolute Gasteiger partial charge is 0.142 e. The molecule has 12 saturated carbocycles. The summed E-state index contributed by atoms with van der Waals surface area (Å²) in [5, 5.41) is 27.6. The van der Waals surface area contributed by atoms with Crippen LogP contribution >= 0.6 is 0 Å². The van der Waals surface area contributed by atoms with E-state index >= 15 is 0 Å². The molecule has 0 aromatic heterocycles. The van der Waals surface area contributed by atoms with Crippen LogP contribution in [-0.2, 0) is 16.2 Å². The summed E-state index contributed by atoms with van der Waals surface area (Å²) < 4.78 is 15.1. The second kappa shape index (κ2) is 14.4. The van der Waals surface area contributed by atoms with E-state index in [1.807, 2.05) is 12.1 Å². The lowest BCUT2D eigenvalue weighted by molar-refractivity contribution is -0.109. The Morgan fingerprint density at radius 3 is 1.39 bits per heavy atom. The summed E-state index contributed by atoms with van der Waals surface area (Å²) in [7, 11) is 0. The molecule has 6 aromatic carbocycles. The van der Waals surface area contributed by atoms with Crippen molar-refractivity contribution in [1.29, 1.82) is 0 Å². The summed E-state index contributed by atoms with van der Waals surface area (Å²) in [4.78, 5) is 0. The van der Waals surface area contributed by atoms with Gasteiger partial charge in [-0.15, -0.1) is 0 Å². The van der Waals surface area contributed by atoms with E-state index in [-0.39, 0.29) is 27.7 Å². The topological polar surface area (TPSA) is 111 Å². The van der Waals surface area contributed by atoms with Gasteiger partial charge in [0, 0.05) is 34.4 Å². The van der Waals surface area contributed by atoms with Crippen LogP contribution in [0.1, 0.15) is 146 Å². The fourth-order valence-electron chi connectivity index (χ4n) is 20.8. The molecule has 2 unspecified atom stereocenters. The molecule has 12 bridgehead atoms. The Bertz CT molecular complexity index is 3110. The average Bonchev–Trinajstić information content (AvgIpc) is 3.29. The standard InChI is InChI=1S/C64H70N2O4/c1-60-24-42-25-61(2,33-60)35-64(32-42,34-60)47-9-5-8-46-45(47)11-13-55(70-57-23-53(68)51(66)21-49(57)63-29-39-17-40(30-63)19-41(18-39)31-63)59(46)58-44-7-4-3-6-43(44)10-12-54(58)69-56-22-52(67)50(65)20-48(56)62-26-36-14-37(27-62)16-38(15-36)28-62/h3-13,20-23,36-42,67-68H,14-19,24-35,65-66H2,1-2H3. The first-order valence-corrected chi connectivity index (χ1v) is 27.4. The van der Waals surface area contributed by atoms with Crippen LogP contribution in [0.5, 0.6) is 34.5 Å². The Morgan fingerprint density at radius 1 is 0.414 bits per heavy atom. The minimum absolute atomic E-state index is 0.0263. The average molecular weight is 931 g/mol. The first-order chi connectivity index (χ1) is 33.7. The van der Waals surface area contributed by atoms with E-state index in [1.165, 1.54) is 88.0 Å². The van der Waals surface area contributed by atoms with Crippen molar-refractivity contribution in [2.24, 2.45) is 52.3 Å². The quantitative estimate of drug-likeness (QED) is 0.0894. The number of nitrogen functional groups attached to an aromatic ring is 2. The van der Waals surface area contributed by atoms with Crippen molar-refractivity contribution in [3.8, 4) is 45.6 Å². The molecule has 360 valence electrons. The van der Waals surface area contributed by atoms with Crippen molar-refractivity contribution < 1.29 is 19.7 Å². The van der Waals surface area contributed by atoms with Gasteiger partial charge in [-0.2, -0.15) is 0 Å². The van der Waals surface area contributed by atoms with Gasteiger partial charge in [0.25, 0.3) is 0 Å². The van der Waals surface area contributed by atoms with Crippen LogP contribution in [0.2, 0.25) is 0 Å². The first kappa shape index (κ1) is 42.3. The van der Waals surface area contributed by atoms with Crippen LogP contribution in [0.15, 0.2) is 91.0 Å². The molecule has 6 N–H and O–H groups in total. The number of phenolic OH excluding ortho intramolecular Hbond substituents is 2. The van der Waals surface area contributed by atoms with E-state index in [0.717, 1.165) is 130 Å². The van der Waals surface area contributed by atoms with Gasteiger partial charge >= 0.3 is 0 Å². The lowest BCUT2D eigenvalue weighted by atomic mass is 9.39. The maximum Gasteiger partial charge on any atom is 0.142 e. The summed E-state index contributed by atoms with van der Waals surface area (Å²) in [6.07, 6.45) is 22.6. The van der Waals surface area contributed by atoms with Crippen molar-refractivity contribution in [3.05, 3.63) is 108 Å². The van der Waals surface area contributed by atoms with Crippen LogP contribution in [0.3, 0.4) is 0 Å². The highest BCUT2D eigenvalue weighted by Crippen LogP contribution is 2.71. The summed E-state index contributed by atoms with van der Waals surface area (Å²) in [6.45, 7) is 5.17. The number of aromatic hydroxyl groups is 2. The maximum atomic E-state index is 11.5. The number of nitrogens with two attached hydrogens (primary N) is 2. The van der Waals surface area contributed by atoms with Crippen molar-refractivity contribution in [2.45, 2.75) is 146 Å². The van der Waals surface area contributed by atoms with Crippen LogP contribution < -0.4 is 20.9 Å². The zero-order chi connectivity index (χ0) is 47.1. The van der Waals surface area contributed by atoms with Gasteiger partial charge < -0.3 is 31.2 Å². The summed E-state index contributed by atoms with van der Waals surface area (Å²) >= 11 is 0. The van der Waals surface area contributed by atoms with E-state index in [2.05, 4.69) is 92.7 Å². The van der Waals surface area contributed by atoms with Crippen LogP contribution in [-0.4, -0.2) is 10.2 Å². The summed E-state index contributed by atoms with van der Waals surface area (Å²) in [6, 6.07) is 32.5. The van der Waals surface area contributed by atoms with Crippen molar-refractivity contribution in [1.82, 2.24) is 0 Å². The monoisotopic (exact) mass is 931 g/mol. The zero-order valence-corrected chi connectivity index (χ0v) is 41.3. The molecule has 0 saturated heterocycles. The molecule has 0 amide bonds. The Morgan fingerprint density at radius 2 is 0.871 bits per heavy atom. The van der Waals surface area contributed by atoms with Gasteiger partial charge in [0.15, 0.2) is 0 Å². The van der Waals surface area contributed by atoms with E-state index in [4.69, 9.17) is 20.9 Å². The van der Waals surface area contributed by atoms with Gasteiger partial charge in [0.2, 0.25) is 0 Å². The van der Waals surface area contributed by atoms with Crippen LogP contribution in [0.25, 0.3) is 32.7 Å². The van der Waals surface area contributed by atoms with Crippen molar-refractivity contribution in [2.75, 3.05) is 11.5 Å². The molecule has 6 aromatic rings. The summed E-state index contributed by atoms with van der Waals surface area (Å²) in [5.41, 5.74) is 20.7. The number of hydrogen-bond donors (Lipinski definition) is 4. The first-order valence-electron chi connectivity index (χ1n) is 27.4. The van der Waals surface area contributed by atoms with Gasteiger partial charge in [-0.1, -0.05) is 68.4 Å². The molecule has 6 heteroatoms. The minimum atomic E-state index is -0.0284. The van der Waals surface area contributed by atoms with Gasteiger partial charge in [-0.05, 0) is 235 Å². The fourth-order valence-corrected chi connectivity index (χ4v) is 20.8. The fraction of sp³-hybridized carbons (Fsp3) is 0.500. The van der Waals surface area contributed by atoms with E-state index in [9.17, 15) is 10.2 Å². The van der Waals surface area contributed by atoms with E-state index in [0.29, 0.717) is 33.7 Å². The Hall–Kier alpha value is -5.36. The third kappa shape index (κ3) is 6.28. The van der Waals surface area contributed by atoms with Crippen molar-refractivity contribution >= 4 is 32.9 Å². The Labute approximate surface area is 413 Å². The largest absolute Gasteiger partial charge is 0.506 e. The molecule has 12 aliphatic carbocycles. The van der Waals surface area contributed by atoms with E-state index < -0.39 is 0 Å². The highest BCUT2D eigenvalue weighted by molar-refractivity contribution is 6.10. The molecule has 6 nitrogen and oxygen atoms in total. The molecule has 18 rings (SSSR count). The van der Waals surface area contributed by atoms with Crippen molar-refractivity contribution in [3.63, 3.8) is 0 Å². The lowest BCUT2D eigenvalue weighted by Gasteiger charge is -2.65. The molecule has 70 heavy (non-hydrogen) atoms. The highest BCUT2D eigenvalue weighted by atomic mass is 16.5. The third-order valence-electron chi connectivity index (χ3n) is 21.3. The van der Waals surface area contributed by atoms with E-state index in [1.54, 1.807) is 0 Å². The molecular formula is C64H70N2O4. The van der Waals surface area contributed by atoms with Crippen LogP contribution in [0, 0.1) is 52.3 Å². The number of anilines is 2. The molecular weight excluding hydrogens is 861 g/mol. The molecule has 0 aliphatic heterocycles. The molecule has 12 aliphatic rings. The van der Waals surface area contributed by atoms with Gasteiger partial charge in [-0.25, -0.2) is 0 Å². The normalized spacial score (nSPS) is 37.2. The summed E-state index contributed by atoms with van der Waals surface area (Å²) in [5.74, 6) is 8.12. The zero-order valence-electron chi connectivity index (χ0n) is 41.3. The number of phenols is 2. The van der Waals surface area contributed by atoms with Gasteiger partial charge in [0.05, 0.1) is 11.4 Å². The van der Waals surface area contributed by atoms with Gasteiger partial charge in [-0.3, -0.25) is 0 Å². The maximum absolute atomic E-state index is 11.5. The Kier molecular flexibility index (Phi) is 8.71. The van der Waals surface area contributed by atoms with Crippen LogP contribution in [0.4, 0.5) is 11.4 Å². The third-order valence-corrected chi connectivity index (χ3v) is 21.3. The Balaban J connectivity index is 0.958. The molecule has 0 radical (unpaired) electrons. The number of fused-ring (bicyclic) bond motifs is 2. The number of benzene rings is 6. The molecule has 12 fully saturated rings. The second-order valence-electron chi connectivity index (χ2n) is 26.8. The lowest BCUT2D eigenvalue weighted by Crippen LogP contribution is -2.56. The number of rotatable bonds is 8. The second-order valence-corrected chi connectivity index (χ2v) is 26.8. The minimum Gasteiger partial charge on any atom is -0.506 e. The predicted molar refractivity (Wildman–Crippen MR) is 281 cm³/mol. The molecule has 0 spiro atoms. The highest BCUT2D eigenvalue weighted by Gasteiger charge is 2.61.